The number of benzene rings is 1. The number of nitrogens with zero attached hydrogens (tertiary/aromatic N) is 3. The lowest BCUT2D eigenvalue weighted by atomic mass is 9.83. The van der Waals surface area contributed by atoms with E-state index in [1.54, 1.807) is 37.1 Å². The molecule has 3 saturated heterocycles. The number of fused-ring (bicyclic) bond motifs is 5. The number of allylic oxidation sites excluding steroid dienone is 3. The van der Waals surface area contributed by atoms with E-state index in [4.69, 9.17) is 35.3 Å². The predicted octanol–water partition coefficient (Wildman–Crippen LogP) is 4.30. The number of hydrogen-bond acceptors (Lipinski definition) is 12. The van der Waals surface area contributed by atoms with E-state index in [1.807, 2.05) is 44.7 Å². The average Bonchev–Trinajstić information content (AvgIpc) is 3.83. The van der Waals surface area contributed by atoms with Crippen LogP contribution in [0.4, 0.5) is 10.5 Å². The predicted molar refractivity (Wildman–Crippen MR) is 214 cm³/mol. The second-order valence-electron chi connectivity index (χ2n) is 16.2. The molecule has 3 fully saturated rings. The number of epoxide rings is 1. The minimum Gasteiger partial charge on any atom is -0.495 e. The van der Waals surface area contributed by atoms with Crippen LogP contribution < -0.4 is 15.0 Å². The number of methoxy groups -OCH3 is 2. The first-order valence-corrected chi connectivity index (χ1v) is 19.9. The zero-order chi connectivity index (χ0) is 41.2. The van der Waals surface area contributed by atoms with Gasteiger partial charge in [0.1, 0.15) is 34.7 Å². The second kappa shape index (κ2) is 17.7. The van der Waals surface area contributed by atoms with Gasteiger partial charge in [-0.05, 0) is 44.4 Å². The summed E-state index contributed by atoms with van der Waals surface area (Å²) in [6.07, 6.45) is 2.32. The second-order valence-corrected chi connectivity index (χ2v) is 17.8. The fraction of sp³-hybridized carbons (Fsp3) is 0.650. The van der Waals surface area contributed by atoms with E-state index in [2.05, 4.69) is 17.9 Å². The number of rotatable bonds is 8. The van der Waals surface area contributed by atoms with Gasteiger partial charge in [0.15, 0.2) is 5.72 Å². The van der Waals surface area contributed by atoms with Crippen LogP contribution in [0.1, 0.15) is 65.9 Å². The highest BCUT2D eigenvalue weighted by atomic mass is 35.5. The molecular weight excluding hydrogens is 764 g/mol. The van der Waals surface area contributed by atoms with Gasteiger partial charge in [0.05, 0.1) is 31.9 Å². The number of carbonyl (C=O) groups excluding carboxylic acids is 4. The fourth-order valence-electron chi connectivity index (χ4n) is 7.71. The van der Waals surface area contributed by atoms with E-state index < -0.39 is 53.7 Å². The molecule has 0 saturated carbocycles. The van der Waals surface area contributed by atoms with Crippen LogP contribution in [0.2, 0.25) is 5.02 Å². The van der Waals surface area contributed by atoms with Crippen LogP contribution in [-0.4, -0.2) is 133 Å². The average molecular weight is 821 g/mol. The van der Waals surface area contributed by atoms with Crippen molar-refractivity contribution < 1.29 is 48.0 Å². The smallest absolute Gasteiger partial charge is 0.409 e. The molecule has 7 unspecified atom stereocenters. The third kappa shape index (κ3) is 10.4. The standard InChI is InChI=1S/C40H57ClN4O10S/c1-24-10-9-11-30(52-8)40(50)22-29(53-37(49)42-40)25(2)36-39(5,55-36)31(21-33(47)43(6)27-19-26(18-24)20-28(51-7)35(27)41)54-34(48)23-44-14-16-45(17-15-44)32(46)12-13-38(3,4)56/h9-11,19-20,25,29-31,36,50,56H,12-18,21-23H2,1-8H3,(H,42,49)/b11-9+,24-10+. The summed E-state index contributed by atoms with van der Waals surface area (Å²) in [7, 11) is 4.55. The van der Waals surface area contributed by atoms with Crippen molar-refractivity contribution in [1.82, 2.24) is 15.1 Å². The lowest BCUT2D eigenvalue weighted by molar-refractivity contribution is -0.155. The molecule has 4 aliphatic rings. The molecule has 14 nitrogen and oxygen atoms in total. The SMILES string of the molecule is COc1cc2cc(c1Cl)N(C)C(=O)CC(OC(=O)CN1CCN(C(=O)CCC(C)(C)S)CC1)C1(C)OC1C(C)C1CC(O)(NC(=O)O1)C(OC)/C=C/C=C(\C)C2. The molecule has 3 amide bonds. The number of alkyl carbamates (subject to hydrolysis) is 1. The first-order valence-electron chi connectivity index (χ1n) is 19.1. The van der Waals surface area contributed by atoms with Gasteiger partial charge >= 0.3 is 12.1 Å². The first-order chi connectivity index (χ1) is 26.3. The number of nitrogens with one attached hydrogen (secondary N) is 1. The summed E-state index contributed by atoms with van der Waals surface area (Å²) in [5.74, 6) is -0.983. The number of amides is 3. The summed E-state index contributed by atoms with van der Waals surface area (Å²) >= 11 is 11.3. The normalized spacial score (nSPS) is 32.0. The molecule has 16 heteroatoms. The van der Waals surface area contributed by atoms with Crippen LogP contribution in [0.15, 0.2) is 35.9 Å². The zero-order valence-electron chi connectivity index (χ0n) is 33.6. The molecule has 0 spiro atoms. The molecule has 0 aromatic heterocycles. The number of anilines is 1. The quantitative estimate of drug-likeness (QED) is 0.195. The summed E-state index contributed by atoms with van der Waals surface area (Å²) in [5, 5.41) is 14.5. The summed E-state index contributed by atoms with van der Waals surface area (Å²) in [4.78, 5) is 58.7. The number of ether oxygens (including phenoxy) is 5. The molecule has 5 rings (SSSR count). The van der Waals surface area contributed by atoms with Gasteiger partial charge in [-0.15, -0.1) is 0 Å². The van der Waals surface area contributed by atoms with Crippen molar-refractivity contribution in [2.45, 2.75) is 107 Å². The van der Waals surface area contributed by atoms with Gasteiger partial charge in [-0.1, -0.05) is 56.2 Å². The van der Waals surface area contributed by atoms with E-state index in [1.165, 1.54) is 19.1 Å². The Morgan fingerprint density at radius 2 is 1.86 bits per heavy atom. The molecule has 0 aliphatic carbocycles. The molecule has 56 heavy (non-hydrogen) atoms. The van der Waals surface area contributed by atoms with Crippen LogP contribution in [0.3, 0.4) is 0 Å². The van der Waals surface area contributed by atoms with Gasteiger partial charge in [-0.3, -0.25) is 24.6 Å². The van der Waals surface area contributed by atoms with Gasteiger partial charge in [0.2, 0.25) is 11.8 Å². The van der Waals surface area contributed by atoms with Crippen molar-refractivity contribution in [2.24, 2.45) is 5.92 Å². The van der Waals surface area contributed by atoms with E-state index >= 15 is 0 Å². The van der Waals surface area contributed by atoms with Crippen LogP contribution >= 0.6 is 24.2 Å². The molecule has 4 bridgehead atoms. The largest absolute Gasteiger partial charge is 0.495 e. The van der Waals surface area contributed by atoms with Gasteiger partial charge in [0.25, 0.3) is 0 Å². The maximum Gasteiger partial charge on any atom is 0.409 e. The first kappa shape index (κ1) is 43.8. The maximum absolute atomic E-state index is 14.2. The number of halogens is 1. The summed E-state index contributed by atoms with van der Waals surface area (Å²) in [6.45, 7) is 11.4. The lowest BCUT2D eigenvalue weighted by Gasteiger charge is -2.42. The number of hydrogen-bond donors (Lipinski definition) is 3. The number of piperazine rings is 1. The van der Waals surface area contributed by atoms with Crippen LogP contribution in [0.25, 0.3) is 0 Å². The molecule has 4 heterocycles. The highest BCUT2D eigenvalue weighted by Crippen LogP contribution is 2.49. The molecule has 7 atom stereocenters. The Morgan fingerprint density at radius 3 is 2.50 bits per heavy atom. The van der Waals surface area contributed by atoms with E-state index in [-0.39, 0.29) is 41.0 Å². The van der Waals surface area contributed by atoms with Crippen molar-refractivity contribution in [1.29, 1.82) is 0 Å². The Bertz CT molecular complexity index is 1710. The highest BCUT2D eigenvalue weighted by Gasteiger charge is 2.64. The number of aliphatic hydroxyl groups is 1. The van der Waals surface area contributed by atoms with Crippen molar-refractivity contribution in [3.8, 4) is 5.75 Å². The van der Waals surface area contributed by atoms with E-state index in [9.17, 15) is 24.3 Å². The fourth-order valence-corrected chi connectivity index (χ4v) is 8.14. The lowest BCUT2D eigenvalue weighted by Crippen LogP contribution is -2.63. The molecule has 2 N–H and O–H groups in total. The monoisotopic (exact) mass is 820 g/mol. The minimum absolute atomic E-state index is 0.0292. The molecule has 0 radical (unpaired) electrons. The van der Waals surface area contributed by atoms with Crippen molar-refractivity contribution in [3.05, 3.63) is 46.5 Å². The third-order valence-corrected chi connectivity index (χ3v) is 11.9. The molecular formula is C40H57ClN4O10S. The Labute approximate surface area is 340 Å². The van der Waals surface area contributed by atoms with Crippen molar-refractivity contribution >= 4 is 53.8 Å². The minimum atomic E-state index is -1.81. The molecule has 4 aliphatic heterocycles. The third-order valence-electron chi connectivity index (χ3n) is 11.3. The number of carbonyl (C=O) groups is 4. The Kier molecular flexibility index (Phi) is 13.8. The van der Waals surface area contributed by atoms with E-state index in [0.29, 0.717) is 56.9 Å². The molecule has 1 aromatic rings. The number of thiol groups is 1. The van der Waals surface area contributed by atoms with Crippen LogP contribution in [0, 0.1) is 5.92 Å². The van der Waals surface area contributed by atoms with Gasteiger partial charge < -0.3 is 38.6 Å². The summed E-state index contributed by atoms with van der Waals surface area (Å²) < 4.78 is 29.1. The number of esters is 1. The zero-order valence-corrected chi connectivity index (χ0v) is 35.3. The van der Waals surface area contributed by atoms with Gasteiger partial charge in [-0.2, -0.15) is 12.6 Å². The molecule has 310 valence electrons. The van der Waals surface area contributed by atoms with Crippen molar-refractivity contribution in [2.75, 3.05) is 58.9 Å². The van der Waals surface area contributed by atoms with Gasteiger partial charge in [0, 0.05) is 63.8 Å². The van der Waals surface area contributed by atoms with Crippen LogP contribution in [-0.2, 0) is 39.8 Å². The van der Waals surface area contributed by atoms with Gasteiger partial charge in [-0.25, -0.2) is 4.79 Å². The maximum atomic E-state index is 14.2. The summed E-state index contributed by atoms with van der Waals surface area (Å²) in [6, 6.07) is 3.62. The van der Waals surface area contributed by atoms with Crippen molar-refractivity contribution in [3.63, 3.8) is 0 Å². The summed E-state index contributed by atoms with van der Waals surface area (Å²) in [5.41, 5.74) is -0.778. The Morgan fingerprint density at radius 1 is 1.16 bits per heavy atom. The van der Waals surface area contributed by atoms with E-state index in [0.717, 1.165) is 11.1 Å². The highest BCUT2D eigenvalue weighted by molar-refractivity contribution is 7.81. The Balaban J connectivity index is 1.41. The Hall–Kier alpha value is -3.34. The molecule has 1 aromatic carbocycles. The van der Waals surface area contributed by atoms with Crippen LogP contribution in [0.5, 0.6) is 5.75 Å². The topological polar surface area (TPSA) is 160 Å².